The van der Waals surface area contributed by atoms with Crippen LogP contribution in [0.1, 0.15) is 32.8 Å². The molecule has 0 fully saturated rings. The van der Waals surface area contributed by atoms with E-state index in [2.05, 4.69) is 15.8 Å². The van der Waals surface area contributed by atoms with Crippen LogP contribution >= 0.6 is 0 Å². The Bertz CT molecular complexity index is 697. The summed E-state index contributed by atoms with van der Waals surface area (Å²) in [6, 6.07) is 17.0. The normalized spacial score (nSPS) is 12.4. The first-order chi connectivity index (χ1) is 12.1. The summed E-state index contributed by atoms with van der Waals surface area (Å²) in [6.07, 6.45) is 0.741. The maximum absolute atomic E-state index is 12.3. The Morgan fingerprint density at radius 3 is 2.36 bits per heavy atom. The first-order valence-corrected chi connectivity index (χ1v) is 8.55. The van der Waals surface area contributed by atoms with Crippen molar-refractivity contribution in [2.45, 2.75) is 33.2 Å². The van der Waals surface area contributed by atoms with Gasteiger partial charge in [-0.3, -0.25) is 4.79 Å². The van der Waals surface area contributed by atoms with E-state index in [9.17, 15) is 4.79 Å². The van der Waals surface area contributed by atoms with Crippen molar-refractivity contribution in [2.75, 3.05) is 11.9 Å². The monoisotopic (exact) mass is 339 g/mol. The highest BCUT2D eigenvalue weighted by Crippen LogP contribution is 2.16. The van der Waals surface area contributed by atoms with Gasteiger partial charge in [-0.1, -0.05) is 37.3 Å². The number of anilines is 1. The summed E-state index contributed by atoms with van der Waals surface area (Å²) in [6.45, 7) is 6.39. The van der Waals surface area contributed by atoms with Gasteiger partial charge in [0.1, 0.15) is 11.8 Å². The van der Waals surface area contributed by atoms with Gasteiger partial charge in [-0.25, -0.2) is 5.43 Å². The van der Waals surface area contributed by atoms with E-state index in [1.54, 1.807) is 6.92 Å². The summed E-state index contributed by atoms with van der Waals surface area (Å²) in [7, 11) is 0. The molecule has 2 aromatic carbocycles. The molecule has 0 heterocycles. The fraction of sp³-hybridized carbons (Fsp3) is 0.300. The van der Waals surface area contributed by atoms with Crippen LogP contribution in [0.4, 0.5) is 5.69 Å². The smallest absolute Gasteiger partial charge is 0.262 e. The highest BCUT2D eigenvalue weighted by atomic mass is 16.5. The summed E-state index contributed by atoms with van der Waals surface area (Å²) in [5.41, 5.74) is 5.36. The molecule has 0 spiro atoms. The predicted molar refractivity (Wildman–Crippen MR) is 102 cm³/mol. The number of rotatable bonds is 8. The van der Waals surface area contributed by atoms with Crippen molar-refractivity contribution in [3.8, 4) is 5.75 Å². The molecule has 1 unspecified atom stereocenters. The molecule has 2 rings (SSSR count). The van der Waals surface area contributed by atoms with E-state index in [1.807, 2.05) is 68.4 Å². The third kappa shape index (κ3) is 5.64. The molecule has 0 aliphatic rings. The zero-order valence-electron chi connectivity index (χ0n) is 15.0. The molecular formula is C20H25N3O2. The Morgan fingerprint density at radius 1 is 1.08 bits per heavy atom. The molecule has 5 nitrogen and oxygen atoms in total. The molecule has 1 atom stereocenters. The van der Waals surface area contributed by atoms with Crippen LogP contribution in [0.25, 0.3) is 0 Å². The topological polar surface area (TPSA) is 62.7 Å². The van der Waals surface area contributed by atoms with Gasteiger partial charge in [0.25, 0.3) is 5.91 Å². The summed E-state index contributed by atoms with van der Waals surface area (Å²) >= 11 is 0. The van der Waals surface area contributed by atoms with Crippen LogP contribution in [0.3, 0.4) is 0 Å². The highest BCUT2D eigenvalue weighted by molar-refractivity contribution is 6.01. The van der Waals surface area contributed by atoms with Crippen molar-refractivity contribution in [1.82, 2.24) is 5.43 Å². The standard InChI is InChI=1S/C20H25N3O2/c1-4-19(16-9-7-6-8-10-16)22-23-20(24)15(3)21-17-11-13-18(14-12-17)25-5-2/h6-15,21H,4-5H2,1-3H3,(H,23,24)/b22-19-. The molecule has 0 radical (unpaired) electrons. The van der Waals surface area contributed by atoms with Crippen LogP contribution < -0.4 is 15.5 Å². The summed E-state index contributed by atoms with van der Waals surface area (Å²) < 4.78 is 5.41. The van der Waals surface area contributed by atoms with Gasteiger partial charge in [0, 0.05) is 5.69 Å². The number of carbonyl (C=O) groups is 1. The second kappa shape index (κ2) is 9.47. The second-order valence-electron chi connectivity index (χ2n) is 5.58. The maximum atomic E-state index is 12.3. The average molecular weight is 339 g/mol. The van der Waals surface area contributed by atoms with Crippen molar-refractivity contribution < 1.29 is 9.53 Å². The van der Waals surface area contributed by atoms with Gasteiger partial charge < -0.3 is 10.1 Å². The Hall–Kier alpha value is -2.82. The van der Waals surface area contributed by atoms with Crippen LogP contribution in [-0.4, -0.2) is 24.3 Å². The number of carbonyl (C=O) groups excluding carboxylic acids is 1. The van der Waals surface area contributed by atoms with E-state index in [1.165, 1.54) is 0 Å². The fourth-order valence-electron chi connectivity index (χ4n) is 2.33. The maximum Gasteiger partial charge on any atom is 0.262 e. The number of hydrazone groups is 1. The predicted octanol–water partition coefficient (Wildman–Crippen LogP) is 3.82. The number of hydrogen-bond acceptors (Lipinski definition) is 4. The molecule has 1 amide bonds. The lowest BCUT2D eigenvalue weighted by molar-refractivity contribution is -0.121. The van der Waals surface area contributed by atoms with Crippen molar-refractivity contribution >= 4 is 17.3 Å². The van der Waals surface area contributed by atoms with Crippen molar-refractivity contribution in [3.63, 3.8) is 0 Å². The van der Waals surface area contributed by atoms with Crippen molar-refractivity contribution in [1.29, 1.82) is 0 Å². The number of amides is 1. The summed E-state index contributed by atoms with van der Waals surface area (Å²) in [4.78, 5) is 12.3. The Kier molecular flexibility index (Phi) is 7.01. The Morgan fingerprint density at radius 2 is 1.76 bits per heavy atom. The minimum atomic E-state index is -0.407. The lowest BCUT2D eigenvalue weighted by atomic mass is 10.1. The summed E-state index contributed by atoms with van der Waals surface area (Å²) in [5, 5.41) is 7.43. The first kappa shape index (κ1) is 18.5. The molecule has 0 saturated heterocycles. The fourth-order valence-corrected chi connectivity index (χ4v) is 2.33. The first-order valence-electron chi connectivity index (χ1n) is 8.55. The number of hydrogen-bond donors (Lipinski definition) is 2. The highest BCUT2D eigenvalue weighted by Gasteiger charge is 2.12. The van der Waals surface area contributed by atoms with Gasteiger partial charge in [-0.05, 0) is 50.1 Å². The van der Waals surface area contributed by atoms with Crippen LogP contribution in [0.15, 0.2) is 59.7 Å². The van der Waals surface area contributed by atoms with Crippen molar-refractivity contribution in [3.05, 3.63) is 60.2 Å². The van der Waals surface area contributed by atoms with Gasteiger partial charge in [0.15, 0.2) is 0 Å². The van der Waals surface area contributed by atoms with Crippen LogP contribution in [0.5, 0.6) is 5.75 Å². The third-order valence-electron chi connectivity index (χ3n) is 3.68. The molecular weight excluding hydrogens is 314 g/mol. The van der Waals surface area contributed by atoms with Gasteiger partial charge in [-0.2, -0.15) is 5.10 Å². The van der Waals surface area contributed by atoms with Crippen LogP contribution in [-0.2, 0) is 4.79 Å². The number of benzene rings is 2. The third-order valence-corrected chi connectivity index (χ3v) is 3.68. The van der Waals surface area contributed by atoms with E-state index >= 15 is 0 Å². The van der Waals surface area contributed by atoms with E-state index in [0.717, 1.165) is 29.1 Å². The molecule has 0 aliphatic heterocycles. The van der Waals surface area contributed by atoms with Crippen molar-refractivity contribution in [2.24, 2.45) is 5.10 Å². The zero-order valence-corrected chi connectivity index (χ0v) is 15.0. The molecule has 132 valence electrons. The largest absolute Gasteiger partial charge is 0.494 e. The van der Waals surface area contributed by atoms with Gasteiger partial charge in [-0.15, -0.1) is 0 Å². The second-order valence-corrected chi connectivity index (χ2v) is 5.58. The van der Waals surface area contributed by atoms with Gasteiger partial charge >= 0.3 is 0 Å². The molecule has 2 N–H and O–H groups in total. The SMILES string of the molecule is CCOc1ccc(NC(C)C(=O)N/N=C(/CC)c2ccccc2)cc1. The van der Waals surface area contributed by atoms with Crippen LogP contribution in [0.2, 0.25) is 0 Å². The van der Waals surface area contributed by atoms with E-state index < -0.39 is 6.04 Å². The minimum absolute atomic E-state index is 0.184. The number of nitrogens with zero attached hydrogens (tertiary/aromatic N) is 1. The molecule has 0 bridgehead atoms. The molecule has 0 aliphatic carbocycles. The quantitative estimate of drug-likeness (QED) is 0.568. The average Bonchev–Trinajstić information content (AvgIpc) is 2.64. The van der Waals surface area contributed by atoms with Gasteiger partial charge in [0.05, 0.1) is 12.3 Å². The lowest BCUT2D eigenvalue weighted by Crippen LogP contribution is -2.35. The van der Waals surface area contributed by atoms with Gasteiger partial charge in [0.2, 0.25) is 0 Å². The van der Waals surface area contributed by atoms with E-state index in [-0.39, 0.29) is 5.91 Å². The minimum Gasteiger partial charge on any atom is -0.494 e. The van der Waals surface area contributed by atoms with E-state index in [0.29, 0.717) is 6.61 Å². The zero-order chi connectivity index (χ0) is 18.1. The van der Waals surface area contributed by atoms with E-state index in [4.69, 9.17) is 4.74 Å². The molecule has 2 aromatic rings. The Labute approximate surface area is 149 Å². The Balaban J connectivity index is 1.94. The molecule has 0 saturated carbocycles. The molecule has 5 heteroatoms. The van der Waals surface area contributed by atoms with Crippen LogP contribution in [0, 0.1) is 0 Å². The molecule has 25 heavy (non-hydrogen) atoms. The number of ether oxygens (including phenoxy) is 1. The lowest BCUT2D eigenvalue weighted by Gasteiger charge is -2.14. The number of nitrogens with one attached hydrogen (secondary N) is 2. The summed E-state index contributed by atoms with van der Waals surface area (Å²) in [5.74, 6) is 0.626. The molecule has 0 aromatic heterocycles.